The maximum atomic E-state index is 13.4. The number of rotatable bonds is 6. The molecule has 1 aromatic heterocycles. The van der Waals surface area contributed by atoms with Crippen LogP contribution in [-0.2, 0) is 15.0 Å². The molecule has 0 aliphatic heterocycles. The standard InChI is InChI=1S/C24H21ClN2O3S/c25-17-10-8-16(9-11-17)24(12-4-5-13-24)20(28)22(30)27-23-18(21(26)29)14-19(31-23)15-6-2-1-3-7-15/h1-3,6-11,14H,4-5,12-13H2,(H2,26,29)(H,27,30). The number of nitrogens with one attached hydrogen (secondary N) is 1. The Morgan fingerprint density at radius 1 is 0.968 bits per heavy atom. The van der Waals surface area contributed by atoms with Crippen molar-refractivity contribution in [2.45, 2.75) is 31.1 Å². The quantitative estimate of drug-likeness (QED) is 0.504. The third kappa shape index (κ3) is 4.13. The van der Waals surface area contributed by atoms with Crippen molar-refractivity contribution in [1.82, 2.24) is 0 Å². The zero-order valence-electron chi connectivity index (χ0n) is 16.7. The van der Waals surface area contributed by atoms with Crippen molar-refractivity contribution in [1.29, 1.82) is 0 Å². The fraction of sp³-hybridized carbons (Fsp3) is 0.208. The highest BCUT2D eigenvalue weighted by Gasteiger charge is 2.45. The molecule has 0 spiro atoms. The molecule has 0 radical (unpaired) electrons. The van der Waals surface area contributed by atoms with Crippen molar-refractivity contribution < 1.29 is 14.4 Å². The van der Waals surface area contributed by atoms with Gasteiger partial charge in [0.2, 0.25) is 5.78 Å². The van der Waals surface area contributed by atoms with E-state index < -0.39 is 23.0 Å². The number of nitrogens with two attached hydrogens (primary N) is 1. The number of ketones is 1. The van der Waals surface area contributed by atoms with Crippen molar-refractivity contribution in [2.75, 3.05) is 5.32 Å². The summed E-state index contributed by atoms with van der Waals surface area (Å²) in [6, 6.07) is 18.2. The first-order valence-corrected chi connectivity index (χ1v) is 11.2. The van der Waals surface area contributed by atoms with E-state index in [9.17, 15) is 14.4 Å². The number of anilines is 1. The van der Waals surface area contributed by atoms with Crippen LogP contribution in [-0.4, -0.2) is 17.6 Å². The normalized spacial score (nSPS) is 14.9. The SMILES string of the molecule is NC(=O)c1cc(-c2ccccc2)sc1NC(=O)C(=O)C1(c2ccc(Cl)cc2)CCCC1. The molecule has 0 unspecified atom stereocenters. The lowest BCUT2D eigenvalue weighted by Crippen LogP contribution is -2.41. The highest BCUT2D eigenvalue weighted by atomic mass is 35.5. The van der Waals surface area contributed by atoms with Crippen LogP contribution in [0.15, 0.2) is 60.7 Å². The Kier molecular flexibility index (Phi) is 5.94. The number of benzene rings is 2. The van der Waals surface area contributed by atoms with Gasteiger partial charge < -0.3 is 11.1 Å². The Bertz CT molecular complexity index is 1130. The zero-order chi connectivity index (χ0) is 22.0. The fourth-order valence-electron chi connectivity index (χ4n) is 4.18. The van der Waals surface area contributed by atoms with E-state index in [0.717, 1.165) is 28.8 Å². The van der Waals surface area contributed by atoms with Crippen molar-refractivity contribution in [3.05, 3.63) is 76.8 Å². The molecule has 3 aromatic rings. The van der Waals surface area contributed by atoms with Gasteiger partial charge in [-0.1, -0.05) is 66.9 Å². The Morgan fingerprint density at radius 3 is 2.23 bits per heavy atom. The molecule has 31 heavy (non-hydrogen) atoms. The summed E-state index contributed by atoms with van der Waals surface area (Å²) >= 11 is 7.23. The first-order valence-electron chi connectivity index (χ1n) is 10.0. The maximum absolute atomic E-state index is 13.4. The molecule has 0 bridgehead atoms. The molecular formula is C24H21ClN2O3S. The predicted octanol–water partition coefficient (Wildman–Crippen LogP) is 5.19. The third-order valence-corrected chi connectivity index (χ3v) is 7.13. The van der Waals surface area contributed by atoms with E-state index >= 15 is 0 Å². The van der Waals surface area contributed by atoms with Gasteiger partial charge >= 0.3 is 0 Å². The summed E-state index contributed by atoms with van der Waals surface area (Å²) in [4.78, 5) is 39.1. The van der Waals surface area contributed by atoms with E-state index in [-0.39, 0.29) is 10.6 Å². The highest BCUT2D eigenvalue weighted by molar-refractivity contribution is 7.20. The number of hydrogen-bond donors (Lipinski definition) is 2. The monoisotopic (exact) mass is 452 g/mol. The molecule has 1 fully saturated rings. The second kappa shape index (κ2) is 8.65. The van der Waals surface area contributed by atoms with E-state index in [0.29, 0.717) is 17.9 Å². The molecule has 3 N–H and O–H groups in total. The van der Waals surface area contributed by atoms with E-state index in [1.54, 1.807) is 18.2 Å². The molecule has 1 saturated carbocycles. The fourth-order valence-corrected chi connectivity index (χ4v) is 5.37. The molecule has 1 aliphatic rings. The molecule has 0 atom stereocenters. The summed E-state index contributed by atoms with van der Waals surface area (Å²) in [5, 5.41) is 3.53. The third-order valence-electron chi connectivity index (χ3n) is 5.78. The van der Waals surface area contributed by atoms with Crippen molar-refractivity contribution in [3.8, 4) is 10.4 Å². The van der Waals surface area contributed by atoms with Crippen LogP contribution in [0, 0.1) is 0 Å². The number of primary amides is 1. The second-order valence-electron chi connectivity index (χ2n) is 7.66. The van der Waals surface area contributed by atoms with Gasteiger partial charge in [-0.15, -0.1) is 11.3 Å². The Hall–Kier alpha value is -2.96. The minimum Gasteiger partial charge on any atom is -0.366 e. The van der Waals surface area contributed by atoms with Gasteiger partial charge in [-0.05, 0) is 42.2 Å². The average Bonchev–Trinajstić information content (AvgIpc) is 3.43. The first-order chi connectivity index (χ1) is 14.9. The van der Waals surface area contributed by atoms with Gasteiger partial charge in [0.05, 0.1) is 11.0 Å². The predicted molar refractivity (Wildman–Crippen MR) is 124 cm³/mol. The molecule has 1 aliphatic carbocycles. The maximum Gasteiger partial charge on any atom is 0.293 e. The summed E-state index contributed by atoms with van der Waals surface area (Å²) < 4.78 is 0. The number of thiophene rings is 1. The molecule has 5 nitrogen and oxygen atoms in total. The largest absolute Gasteiger partial charge is 0.366 e. The lowest BCUT2D eigenvalue weighted by atomic mass is 9.75. The average molecular weight is 453 g/mol. The van der Waals surface area contributed by atoms with Crippen LogP contribution < -0.4 is 11.1 Å². The van der Waals surface area contributed by atoms with Gasteiger partial charge in [-0.2, -0.15) is 0 Å². The summed E-state index contributed by atoms with van der Waals surface area (Å²) in [6.45, 7) is 0. The molecule has 4 rings (SSSR count). The molecule has 1 heterocycles. The van der Waals surface area contributed by atoms with E-state index in [1.807, 2.05) is 42.5 Å². The van der Waals surface area contributed by atoms with Crippen molar-refractivity contribution in [3.63, 3.8) is 0 Å². The zero-order valence-corrected chi connectivity index (χ0v) is 18.3. The van der Waals surface area contributed by atoms with Gasteiger partial charge in [0.1, 0.15) is 5.00 Å². The highest BCUT2D eigenvalue weighted by Crippen LogP contribution is 2.43. The van der Waals surface area contributed by atoms with E-state index in [2.05, 4.69) is 5.32 Å². The molecule has 7 heteroatoms. The molecule has 2 amide bonds. The number of Topliss-reactive ketones (excluding diaryl/α,β-unsaturated/α-hetero) is 1. The lowest BCUT2D eigenvalue weighted by molar-refractivity contribution is -0.138. The first kappa shape index (κ1) is 21.3. The molecular weight excluding hydrogens is 432 g/mol. The van der Waals surface area contributed by atoms with Crippen LogP contribution >= 0.6 is 22.9 Å². The van der Waals surface area contributed by atoms with E-state index in [4.69, 9.17) is 17.3 Å². The van der Waals surface area contributed by atoms with Crippen LogP contribution in [0.5, 0.6) is 0 Å². The summed E-state index contributed by atoms with van der Waals surface area (Å²) in [6.07, 6.45) is 2.93. The minimum atomic E-state index is -0.874. The van der Waals surface area contributed by atoms with Crippen LogP contribution in [0.1, 0.15) is 41.6 Å². The molecule has 0 saturated heterocycles. The Labute approximate surface area is 189 Å². The Balaban J connectivity index is 1.64. The van der Waals surface area contributed by atoms with Gasteiger partial charge in [0, 0.05) is 9.90 Å². The topological polar surface area (TPSA) is 89.3 Å². The number of carbonyl (C=O) groups is 3. The smallest absolute Gasteiger partial charge is 0.293 e. The van der Waals surface area contributed by atoms with E-state index in [1.165, 1.54) is 11.3 Å². The lowest BCUT2D eigenvalue weighted by Gasteiger charge is -2.27. The number of halogens is 1. The van der Waals surface area contributed by atoms with Crippen molar-refractivity contribution >= 4 is 45.5 Å². The second-order valence-corrected chi connectivity index (χ2v) is 9.15. The number of hydrogen-bond acceptors (Lipinski definition) is 4. The summed E-state index contributed by atoms with van der Waals surface area (Å²) in [5.41, 5.74) is 6.54. The van der Waals surface area contributed by atoms with Crippen LogP contribution in [0.25, 0.3) is 10.4 Å². The van der Waals surface area contributed by atoms with Gasteiger partial charge in [0.15, 0.2) is 0 Å². The van der Waals surface area contributed by atoms with Crippen LogP contribution in [0.3, 0.4) is 0 Å². The minimum absolute atomic E-state index is 0.192. The number of amides is 2. The van der Waals surface area contributed by atoms with Crippen LogP contribution in [0.4, 0.5) is 5.00 Å². The van der Waals surface area contributed by atoms with Crippen molar-refractivity contribution in [2.24, 2.45) is 5.73 Å². The molecule has 158 valence electrons. The Morgan fingerprint density at radius 2 is 1.61 bits per heavy atom. The summed E-state index contributed by atoms with van der Waals surface area (Å²) in [7, 11) is 0. The van der Waals surface area contributed by atoms with Crippen LogP contribution in [0.2, 0.25) is 5.02 Å². The number of carbonyl (C=O) groups excluding carboxylic acids is 3. The van der Waals surface area contributed by atoms with Gasteiger partial charge in [0.25, 0.3) is 11.8 Å². The molecule has 2 aromatic carbocycles. The van der Waals surface area contributed by atoms with Gasteiger partial charge in [-0.3, -0.25) is 14.4 Å². The summed E-state index contributed by atoms with van der Waals surface area (Å²) in [5.74, 6) is -1.90. The van der Waals surface area contributed by atoms with Gasteiger partial charge in [-0.25, -0.2) is 0 Å².